The minimum absolute atomic E-state index is 0.390. The Hall–Kier alpha value is -1.57. The highest BCUT2D eigenvalue weighted by Gasteiger charge is 2.12. The Balaban J connectivity index is 2.74. The first-order valence-corrected chi connectivity index (χ1v) is 6.57. The number of benzene rings is 1. The lowest BCUT2D eigenvalue weighted by Gasteiger charge is -2.17. The second-order valence-electron chi connectivity index (χ2n) is 4.38. The van der Waals surface area contributed by atoms with E-state index in [2.05, 4.69) is 11.4 Å². The third-order valence-electron chi connectivity index (χ3n) is 2.87. The molecule has 1 rings (SSSR count). The van der Waals surface area contributed by atoms with Crippen LogP contribution in [0.4, 0.5) is 0 Å². The summed E-state index contributed by atoms with van der Waals surface area (Å²) < 4.78 is 10.8. The van der Waals surface area contributed by atoms with E-state index in [1.54, 1.807) is 7.11 Å². The quantitative estimate of drug-likeness (QED) is 0.731. The van der Waals surface area contributed by atoms with Gasteiger partial charge in [0.25, 0.3) is 0 Å². The monoisotopic (exact) mass is 262 g/mol. The van der Waals surface area contributed by atoms with Crippen molar-refractivity contribution in [3.63, 3.8) is 0 Å². The predicted octanol–water partition coefficient (Wildman–Crippen LogP) is 2.41. The van der Waals surface area contributed by atoms with E-state index in [1.807, 2.05) is 32.0 Å². The van der Waals surface area contributed by atoms with Gasteiger partial charge in [0, 0.05) is 25.8 Å². The van der Waals surface area contributed by atoms with E-state index in [4.69, 9.17) is 14.7 Å². The summed E-state index contributed by atoms with van der Waals surface area (Å²) in [5.74, 6) is 0.820. The van der Waals surface area contributed by atoms with Crippen molar-refractivity contribution in [2.24, 2.45) is 0 Å². The van der Waals surface area contributed by atoms with E-state index in [0.717, 1.165) is 23.4 Å². The number of para-hydroxylation sites is 1. The van der Waals surface area contributed by atoms with E-state index < -0.39 is 0 Å². The van der Waals surface area contributed by atoms with Gasteiger partial charge in [0.05, 0.1) is 6.61 Å². The van der Waals surface area contributed by atoms with Crippen molar-refractivity contribution >= 4 is 0 Å². The van der Waals surface area contributed by atoms with Crippen LogP contribution >= 0.6 is 0 Å². The van der Waals surface area contributed by atoms with Gasteiger partial charge in [-0.1, -0.05) is 25.1 Å². The van der Waals surface area contributed by atoms with Crippen LogP contribution < -0.4 is 10.1 Å². The topological polar surface area (TPSA) is 54.3 Å². The Labute approximate surface area is 115 Å². The highest BCUT2D eigenvalue weighted by atomic mass is 16.5. The van der Waals surface area contributed by atoms with Crippen molar-refractivity contribution < 1.29 is 9.47 Å². The molecule has 0 aliphatic heterocycles. The standard InChI is InChI=1S/C15H22N2O2/c1-4-14(10-16)19-15-12(2)6-5-7-13(15)11-17-8-9-18-3/h5-7,14,17H,4,8-9,11H2,1-3H3. The molecule has 104 valence electrons. The largest absolute Gasteiger partial charge is 0.475 e. The summed E-state index contributed by atoms with van der Waals surface area (Å²) in [5.41, 5.74) is 2.13. The lowest BCUT2D eigenvalue weighted by Crippen LogP contribution is -2.20. The molecular formula is C15H22N2O2. The molecule has 4 nitrogen and oxygen atoms in total. The lowest BCUT2D eigenvalue weighted by atomic mass is 10.1. The average molecular weight is 262 g/mol. The minimum atomic E-state index is -0.390. The van der Waals surface area contributed by atoms with Crippen LogP contribution in [0.3, 0.4) is 0 Å². The number of nitriles is 1. The maximum absolute atomic E-state index is 9.01. The number of hydrogen-bond acceptors (Lipinski definition) is 4. The van der Waals surface area contributed by atoms with Gasteiger partial charge in [-0.3, -0.25) is 0 Å². The molecule has 1 unspecified atom stereocenters. The van der Waals surface area contributed by atoms with Crippen LogP contribution in [0.25, 0.3) is 0 Å². The van der Waals surface area contributed by atoms with Crippen LogP contribution in [0.5, 0.6) is 5.75 Å². The minimum Gasteiger partial charge on any atom is -0.475 e. The molecule has 0 aliphatic rings. The Morgan fingerprint density at radius 3 is 2.84 bits per heavy atom. The van der Waals surface area contributed by atoms with Crippen molar-refractivity contribution in [2.45, 2.75) is 32.9 Å². The van der Waals surface area contributed by atoms with Crippen molar-refractivity contribution in [3.05, 3.63) is 29.3 Å². The fourth-order valence-corrected chi connectivity index (χ4v) is 1.76. The SMILES string of the molecule is CCC(C#N)Oc1c(C)cccc1CNCCOC. The van der Waals surface area contributed by atoms with Crippen molar-refractivity contribution in [3.8, 4) is 11.8 Å². The molecule has 4 heteroatoms. The van der Waals surface area contributed by atoms with Gasteiger partial charge in [-0.2, -0.15) is 5.26 Å². The number of nitrogens with zero attached hydrogens (tertiary/aromatic N) is 1. The van der Waals surface area contributed by atoms with Gasteiger partial charge in [-0.15, -0.1) is 0 Å². The van der Waals surface area contributed by atoms with Gasteiger partial charge in [0.1, 0.15) is 11.8 Å². The fraction of sp³-hybridized carbons (Fsp3) is 0.533. The third kappa shape index (κ3) is 4.90. The highest BCUT2D eigenvalue weighted by Crippen LogP contribution is 2.25. The molecule has 0 saturated heterocycles. The first-order chi connectivity index (χ1) is 9.22. The fourth-order valence-electron chi connectivity index (χ4n) is 1.76. The predicted molar refractivity (Wildman–Crippen MR) is 75.1 cm³/mol. The van der Waals surface area contributed by atoms with Gasteiger partial charge in [-0.25, -0.2) is 0 Å². The lowest BCUT2D eigenvalue weighted by molar-refractivity contribution is 0.198. The molecule has 0 fully saturated rings. The summed E-state index contributed by atoms with van der Waals surface area (Å²) in [6, 6.07) is 8.19. The molecule has 0 spiro atoms. The number of aryl methyl sites for hydroxylation is 1. The summed E-state index contributed by atoms with van der Waals surface area (Å²) in [6.45, 7) is 6.13. The number of rotatable bonds is 8. The first kappa shape index (κ1) is 15.5. The summed E-state index contributed by atoms with van der Waals surface area (Å²) in [5, 5.41) is 12.3. The van der Waals surface area contributed by atoms with Gasteiger partial charge in [0.15, 0.2) is 6.10 Å². The Morgan fingerprint density at radius 2 is 2.21 bits per heavy atom. The molecule has 0 amide bonds. The number of hydrogen-bond donors (Lipinski definition) is 1. The maximum atomic E-state index is 9.01. The van der Waals surface area contributed by atoms with E-state index in [-0.39, 0.29) is 6.10 Å². The van der Waals surface area contributed by atoms with Crippen molar-refractivity contribution in [2.75, 3.05) is 20.3 Å². The van der Waals surface area contributed by atoms with Crippen LogP contribution in [0.2, 0.25) is 0 Å². The molecule has 1 aromatic rings. The molecule has 19 heavy (non-hydrogen) atoms. The van der Waals surface area contributed by atoms with Gasteiger partial charge in [-0.05, 0) is 18.9 Å². The average Bonchev–Trinajstić information content (AvgIpc) is 2.43. The van der Waals surface area contributed by atoms with Crippen LogP contribution in [-0.4, -0.2) is 26.4 Å². The number of methoxy groups -OCH3 is 1. The molecular weight excluding hydrogens is 240 g/mol. The van der Waals surface area contributed by atoms with E-state index in [1.165, 1.54) is 0 Å². The summed E-state index contributed by atoms with van der Waals surface area (Å²) in [6.07, 6.45) is 0.292. The second-order valence-corrected chi connectivity index (χ2v) is 4.38. The molecule has 1 atom stereocenters. The molecule has 1 N–H and O–H groups in total. The zero-order chi connectivity index (χ0) is 14.1. The zero-order valence-corrected chi connectivity index (χ0v) is 11.9. The molecule has 0 heterocycles. The second kappa shape index (κ2) is 8.52. The third-order valence-corrected chi connectivity index (χ3v) is 2.87. The number of ether oxygens (including phenoxy) is 2. The molecule has 1 aromatic carbocycles. The molecule has 0 radical (unpaired) electrons. The molecule has 0 aliphatic carbocycles. The van der Waals surface area contributed by atoms with Gasteiger partial charge in [0.2, 0.25) is 0 Å². The summed E-state index contributed by atoms with van der Waals surface area (Å²) >= 11 is 0. The van der Waals surface area contributed by atoms with Crippen molar-refractivity contribution in [1.29, 1.82) is 5.26 Å². The summed E-state index contributed by atoms with van der Waals surface area (Å²) in [7, 11) is 1.68. The number of nitrogens with one attached hydrogen (secondary N) is 1. The van der Waals surface area contributed by atoms with E-state index in [9.17, 15) is 0 Å². The molecule has 0 bridgehead atoms. The zero-order valence-electron chi connectivity index (χ0n) is 11.9. The highest BCUT2D eigenvalue weighted by molar-refractivity contribution is 5.41. The first-order valence-electron chi connectivity index (χ1n) is 6.57. The van der Waals surface area contributed by atoms with Gasteiger partial charge >= 0.3 is 0 Å². The Kier molecular flexibility index (Phi) is 6.94. The van der Waals surface area contributed by atoms with E-state index in [0.29, 0.717) is 19.6 Å². The molecule has 0 aromatic heterocycles. The van der Waals surface area contributed by atoms with Crippen molar-refractivity contribution in [1.82, 2.24) is 5.32 Å². The smallest absolute Gasteiger partial charge is 0.184 e. The summed E-state index contributed by atoms with van der Waals surface area (Å²) in [4.78, 5) is 0. The maximum Gasteiger partial charge on any atom is 0.184 e. The van der Waals surface area contributed by atoms with Crippen LogP contribution in [0.1, 0.15) is 24.5 Å². The van der Waals surface area contributed by atoms with Gasteiger partial charge < -0.3 is 14.8 Å². The van der Waals surface area contributed by atoms with Crippen LogP contribution in [0.15, 0.2) is 18.2 Å². The Bertz CT molecular complexity index is 427. The van der Waals surface area contributed by atoms with Crippen LogP contribution in [0, 0.1) is 18.3 Å². The molecule has 0 saturated carbocycles. The Morgan fingerprint density at radius 1 is 1.42 bits per heavy atom. The van der Waals surface area contributed by atoms with Crippen LogP contribution in [-0.2, 0) is 11.3 Å². The normalized spacial score (nSPS) is 11.9. The van der Waals surface area contributed by atoms with E-state index >= 15 is 0 Å².